The van der Waals surface area contributed by atoms with E-state index in [4.69, 9.17) is 9.15 Å². The maximum atomic E-state index is 12.9. The zero-order valence-electron chi connectivity index (χ0n) is 16.9. The van der Waals surface area contributed by atoms with E-state index < -0.39 is 0 Å². The van der Waals surface area contributed by atoms with Gasteiger partial charge in [0.2, 0.25) is 5.91 Å². The number of hydrogen-bond acceptors (Lipinski definition) is 6. The first-order chi connectivity index (χ1) is 14.5. The van der Waals surface area contributed by atoms with Crippen molar-refractivity contribution in [2.45, 2.75) is 38.1 Å². The molecule has 0 saturated carbocycles. The second kappa shape index (κ2) is 10.8. The molecule has 30 heavy (non-hydrogen) atoms. The van der Waals surface area contributed by atoms with E-state index in [2.05, 4.69) is 29.4 Å². The first-order valence-electron chi connectivity index (χ1n) is 9.67. The van der Waals surface area contributed by atoms with Crippen LogP contribution >= 0.6 is 11.8 Å². The lowest BCUT2D eigenvalue weighted by Gasteiger charge is -2.21. The highest BCUT2D eigenvalue weighted by molar-refractivity contribution is 7.99. The van der Waals surface area contributed by atoms with Crippen LogP contribution in [0, 0.1) is 11.7 Å². The number of carbonyl (C=O) groups is 1. The Morgan fingerprint density at radius 3 is 2.57 bits per heavy atom. The highest BCUT2D eigenvalue weighted by Gasteiger charge is 2.17. The molecule has 2 aromatic carbocycles. The Kier molecular flexibility index (Phi) is 7.84. The van der Waals surface area contributed by atoms with Gasteiger partial charge in [0.05, 0.1) is 11.8 Å². The first kappa shape index (κ1) is 21.8. The number of benzene rings is 2. The van der Waals surface area contributed by atoms with E-state index in [1.807, 2.05) is 30.3 Å². The first-order valence-corrected chi connectivity index (χ1v) is 10.7. The summed E-state index contributed by atoms with van der Waals surface area (Å²) < 4.78 is 23.9. The topological polar surface area (TPSA) is 77.2 Å². The van der Waals surface area contributed by atoms with Crippen LogP contribution < -0.4 is 10.1 Å². The molecular formula is C22H24FN3O3S. The number of carbonyl (C=O) groups excluding carboxylic acids is 1. The largest absolute Gasteiger partial charge is 0.484 e. The molecule has 6 nitrogen and oxygen atoms in total. The van der Waals surface area contributed by atoms with Gasteiger partial charge < -0.3 is 14.5 Å². The summed E-state index contributed by atoms with van der Waals surface area (Å²) in [6.45, 7) is 4.32. The number of amides is 1. The molecule has 1 amide bonds. The number of thioether (sulfide) groups is 1. The van der Waals surface area contributed by atoms with Gasteiger partial charge in [-0.05, 0) is 42.2 Å². The minimum Gasteiger partial charge on any atom is -0.484 e. The van der Waals surface area contributed by atoms with Crippen LogP contribution in [0.1, 0.15) is 37.8 Å². The lowest BCUT2D eigenvalue weighted by atomic mass is 9.97. The molecule has 1 N–H and O–H groups in total. The monoisotopic (exact) mass is 429 g/mol. The van der Waals surface area contributed by atoms with Crippen molar-refractivity contribution in [2.24, 2.45) is 5.92 Å². The predicted octanol–water partition coefficient (Wildman–Crippen LogP) is 4.78. The fourth-order valence-corrected chi connectivity index (χ4v) is 3.42. The number of ether oxygens (including phenoxy) is 1. The Balaban J connectivity index is 1.48. The van der Waals surface area contributed by atoms with Gasteiger partial charge >= 0.3 is 0 Å². The average Bonchev–Trinajstić information content (AvgIpc) is 3.20. The molecule has 1 aromatic heterocycles. The lowest BCUT2D eigenvalue weighted by Crippen LogP contribution is -2.30. The second-order valence-electron chi connectivity index (χ2n) is 7.15. The van der Waals surface area contributed by atoms with E-state index in [1.165, 1.54) is 36.0 Å². The van der Waals surface area contributed by atoms with E-state index in [0.29, 0.717) is 16.9 Å². The molecule has 0 radical (unpaired) electrons. The molecule has 1 unspecified atom stereocenters. The Hall–Kier alpha value is -2.87. The Labute approximate surface area is 179 Å². The van der Waals surface area contributed by atoms with Gasteiger partial charge in [-0.3, -0.25) is 4.79 Å². The van der Waals surface area contributed by atoms with Crippen molar-refractivity contribution in [3.8, 4) is 5.75 Å². The van der Waals surface area contributed by atoms with Crippen LogP contribution in [0.2, 0.25) is 0 Å². The number of nitrogens with zero attached hydrogens (tertiary/aromatic N) is 2. The van der Waals surface area contributed by atoms with Crippen LogP contribution in [0.5, 0.6) is 5.75 Å². The highest BCUT2D eigenvalue weighted by atomic mass is 32.2. The zero-order valence-corrected chi connectivity index (χ0v) is 17.7. The summed E-state index contributed by atoms with van der Waals surface area (Å²) >= 11 is 1.17. The number of rotatable bonds is 10. The SMILES string of the molecule is CC(C)CC(NC(=O)CSc1nnc(COc2ccc(F)cc2)o1)c1ccccc1. The minimum atomic E-state index is -0.333. The summed E-state index contributed by atoms with van der Waals surface area (Å²) in [5.74, 6) is 0.964. The smallest absolute Gasteiger partial charge is 0.277 e. The maximum absolute atomic E-state index is 12.9. The van der Waals surface area contributed by atoms with Gasteiger partial charge in [-0.1, -0.05) is 55.9 Å². The average molecular weight is 430 g/mol. The molecule has 3 aromatic rings. The van der Waals surface area contributed by atoms with Crippen LogP contribution in [-0.2, 0) is 11.4 Å². The Morgan fingerprint density at radius 2 is 1.87 bits per heavy atom. The third-order valence-electron chi connectivity index (χ3n) is 4.20. The summed E-state index contributed by atoms with van der Waals surface area (Å²) in [6, 6.07) is 15.6. The second-order valence-corrected chi connectivity index (χ2v) is 8.08. The third kappa shape index (κ3) is 6.88. The Bertz CT molecular complexity index is 932. The fourth-order valence-electron chi connectivity index (χ4n) is 2.83. The molecule has 0 aliphatic rings. The van der Waals surface area contributed by atoms with E-state index in [-0.39, 0.29) is 36.0 Å². The molecule has 0 aliphatic heterocycles. The van der Waals surface area contributed by atoms with Crippen molar-refractivity contribution < 1.29 is 18.3 Å². The van der Waals surface area contributed by atoms with Crippen molar-refractivity contribution in [3.05, 3.63) is 71.9 Å². The van der Waals surface area contributed by atoms with Crippen LogP contribution in [0.4, 0.5) is 4.39 Å². The summed E-state index contributed by atoms with van der Waals surface area (Å²) in [5, 5.41) is 11.2. The number of nitrogens with one attached hydrogen (secondary N) is 1. The molecule has 8 heteroatoms. The maximum Gasteiger partial charge on any atom is 0.277 e. The molecule has 0 saturated heterocycles. The lowest BCUT2D eigenvalue weighted by molar-refractivity contribution is -0.119. The van der Waals surface area contributed by atoms with Gasteiger partial charge in [0.1, 0.15) is 11.6 Å². The number of aromatic nitrogens is 2. The van der Waals surface area contributed by atoms with Crippen LogP contribution in [0.3, 0.4) is 0 Å². The van der Waals surface area contributed by atoms with E-state index >= 15 is 0 Å². The minimum absolute atomic E-state index is 0.0401. The summed E-state index contributed by atoms with van der Waals surface area (Å²) in [4.78, 5) is 12.4. The van der Waals surface area contributed by atoms with Crippen molar-refractivity contribution >= 4 is 17.7 Å². The van der Waals surface area contributed by atoms with E-state index in [0.717, 1.165) is 12.0 Å². The van der Waals surface area contributed by atoms with Crippen molar-refractivity contribution in [3.63, 3.8) is 0 Å². The zero-order chi connectivity index (χ0) is 21.3. The molecule has 0 spiro atoms. The van der Waals surface area contributed by atoms with Crippen molar-refractivity contribution in [1.29, 1.82) is 0 Å². The predicted molar refractivity (Wildman–Crippen MR) is 113 cm³/mol. The van der Waals surface area contributed by atoms with E-state index in [9.17, 15) is 9.18 Å². The van der Waals surface area contributed by atoms with Crippen LogP contribution in [-0.4, -0.2) is 21.9 Å². The van der Waals surface area contributed by atoms with Crippen molar-refractivity contribution in [2.75, 3.05) is 5.75 Å². The van der Waals surface area contributed by atoms with Crippen LogP contribution in [0.25, 0.3) is 0 Å². The fraction of sp³-hybridized carbons (Fsp3) is 0.318. The van der Waals surface area contributed by atoms with Crippen LogP contribution in [0.15, 0.2) is 64.2 Å². The molecular weight excluding hydrogens is 405 g/mol. The quantitative estimate of drug-likeness (QED) is 0.467. The summed E-state index contributed by atoms with van der Waals surface area (Å²) in [7, 11) is 0. The molecule has 0 aliphatic carbocycles. The third-order valence-corrected chi connectivity index (χ3v) is 5.01. The summed E-state index contributed by atoms with van der Waals surface area (Å²) in [6.07, 6.45) is 0.853. The van der Waals surface area contributed by atoms with Gasteiger partial charge in [-0.25, -0.2) is 4.39 Å². The van der Waals surface area contributed by atoms with Crippen molar-refractivity contribution in [1.82, 2.24) is 15.5 Å². The molecule has 1 heterocycles. The van der Waals surface area contributed by atoms with Gasteiger partial charge in [0.25, 0.3) is 11.1 Å². The van der Waals surface area contributed by atoms with Gasteiger partial charge in [-0.2, -0.15) is 0 Å². The molecule has 3 rings (SSSR count). The molecule has 1 atom stereocenters. The molecule has 0 fully saturated rings. The van der Waals surface area contributed by atoms with Gasteiger partial charge in [0.15, 0.2) is 6.61 Å². The highest BCUT2D eigenvalue weighted by Crippen LogP contribution is 2.22. The van der Waals surface area contributed by atoms with Gasteiger partial charge in [0, 0.05) is 0 Å². The number of hydrogen-bond donors (Lipinski definition) is 1. The Morgan fingerprint density at radius 1 is 1.13 bits per heavy atom. The number of halogens is 1. The van der Waals surface area contributed by atoms with E-state index in [1.54, 1.807) is 0 Å². The summed E-state index contributed by atoms with van der Waals surface area (Å²) in [5.41, 5.74) is 1.09. The van der Waals surface area contributed by atoms with Gasteiger partial charge in [-0.15, -0.1) is 10.2 Å². The molecule has 158 valence electrons. The normalized spacial score (nSPS) is 12.0. The molecule has 0 bridgehead atoms. The standard InChI is InChI=1S/C22H24FN3O3S/c1-15(2)12-19(16-6-4-3-5-7-16)24-20(27)14-30-22-26-25-21(29-22)13-28-18-10-8-17(23)9-11-18/h3-11,15,19H,12-14H2,1-2H3,(H,24,27).